The smallest absolute Gasteiger partial charge is 0.324 e. The highest BCUT2D eigenvalue weighted by Gasteiger charge is 2.41. The maximum Gasteiger partial charge on any atom is 0.324 e. The summed E-state index contributed by atoms with van der Waals surface area (Å²) in [6.07, 6.45) is 2.77. The van der Waals surface area contributed by atoms with Gasteiger partial charge >= 0.3 is 5.97 Å². The van der Waals surface area contributed by atoms with Crippen molar-refractivity contribution >= 4 is 60.8 Å². The number of aryl methyl sites for hydroxylation is 1. The zero-order valence-corrected chi connectivity index (χ0v) is 21.6. The standard InChI is InChI=1S/C21H20BrCl2N3O5S/c1-12-19(22)26-9-4-6-16(20(26)25-12)32-11-13-14(23)7-8-17(18(13)24)33(29,30)27-10-3-5-15(27)21(28)31-2/h4,6-9,15H,3,5,10-11H2,1-2H3/t15-/m0/s1. The molecule has 1 aromatic carbocycles. The summed E-state index contributed by atoms with van der Waals surface area (Å²) in [5, 5.41) is 0.211. The van der Waals surface area contributed by atoms with Crippen LogP contribution in [0.4, 0.5) is 0 Å². The number of aromatic nitrogens is 2. The van der Waals surface area contributed by atoms with Crippen LogP contribution in [0.3, 0.4) is 0 Å². The van der Waals surface area contributed by atoms with Gasteiger partial charge in [0.15, 0.2) is 11.4 Å². The Bertz CT molecular complexity index is 1350. The number of ether oxygens (including phenoxy) is 2. The summed E-state index contributed by atoms with van der Waals surface area (Å²) < 4.78 is 41.2. The number of nitrogens with zero attached hydrogens (tertiary/aromatic N) is 3. The van der Waals surface area contributed by atoms with Crippen LogP contribution >= 0.6 is 39.1 Å². The van der Waals surface area contributed by atoms with Crippen molar-refractivity contribution in [1.29, 1.82) is 0 Å². The molecule has 0 spiro atoms. The van der Waals surface area contributed by atoms with E-state index in [1.54, 1.807) is 12.1 Å². The van der Waals surface area contributed by atoms with E-state index in [0.717, 1.165) is 14.6 Å². The predicted molar refractivity (Wildman–Crippen MR) is 127 cm³/mol. The molecule has 1 saturated heterocycles. The zero-order chi connectivity index (χ0) is 23.9. The predicted octanol–water partition coefficient (Wildman–Crippen LogP) is 4.62. The number of hydrogen-bond donors (Lipinski definition) is 0. The first kappa shape index (κ1) is 24.3. The quantitative estimate of drug-likeness (QED) is 0.398. The maximum atomic E-state index is 13.4. The van der Waals surface area contributed by atoms with Crippen LogP contribution < -0.4 is 4.74 Å². The number of methoxy groups -OCH3 is 1. The fourth-order valence-corrected chi connectivity index (χ4v) is 6.71. The number of rotatable bonds is 6. The summed E-state index contributed by atoms with van der Waals surface area (Å²) in [7, 11) is -2.84. The van der Waals surface area contributed by atoms with Gasteiger partial charge in [-0.2, -0.15) is 4.31 Å². The number of fused-ring (bicyclic) bond motifs is 1. The van der Waals surface area contributed by atoms with E-state index in [4.69, 9.17) is 32.7 Å². The van der Waals surface area contributed by atoms with Gasteiger partial charge in [0.05, 0.1) is 17.8 Å². The number of benzene rings is 1. The zero-order valence-electron chi connectivity index (χ0n) is 17.7. The van der Waals surface area contributed by atoms with Crippen LogP contribution in [0.1, 0.15) is 24.1 Å². The molecule has 3 aromatic rings. The monoisotopic (exact) mass is 575 g/mol. The molecule has 0 bridgehead atoms. The first-order valence-electron chi connectivity index (χ1n) is 9.99. The van der Waals surface area contributed by atoms with Crippen molar-refractivity contribution in [2.24, 2.45) is 0 Å². The lowest BCUT2D eigenvalue weighted by atomic mass is 10.2. The van der Waals surface area contributed by atoms with E-state index in [0.29, 0.717) is 29.8 Å². The van der Waals surface area contributed by atoms with Crippen molar-refractivity contribution in [2.45, 2.75) is 37.3 Å². The van der Waals surface area contributed by atoms with Crippen LogP contribution in [-0.2, 0) is 26.2 Å². The summed E-state index contributed by atoms with van der Waals surface area (Å²) in [6, 6.07) is 5.47. The van der Waals surface area contributed by atoms with Gasteiger partial charge in [-0.1, -0.05) is 23.2 Å². The minimum atomic E-state index is -4.07. The van der Waals surface area contributed by atoms with Gasteiger partial charge in [0, 0.05) is 23.3 Å². The summed E-state index contributed by atoms with van der Waals surface area (Å²) >= 11 is 16.4. The molecular weight excluding hydrogens is 557 g/mol. The van der Waals surface area contributed by atoms with Crippen molar-refractivity contribution in [3.63, 3.8) is 0 Å². The van der Waals surface area contributed by atoms with E-state index < -0.39 is 22.0 Å². The molecule has 0 radical (unpaired) electrons. The molecule has 2 aromatic heterocycles. The number of esters is 1. The van der Waals surface area contributed by atoms with Crippen LogP contribution in [0.15, 0.2) is 40.0 Å². The summed E-state index contributed by atoms with van der Waals surface area (Å²) in [6.45, 7) is 1.98. The second kappa shape index (κ2) is 9.42. The Morgan fingerprint density at radius 3 is 2.79 bits per heavy atom. The van der Waals surface area contributed by atoms with Crippen molar-refractivity contribution < 1.29 is 22.7 Å². The molecule has 1 aliphatic heterocycles. The highest BCUT2D eigenvalue weighted by molar-refractivity contribution is 9.10. The molecule has 1 atom stereocenters. The molecule has 33 heavy (non-hydrogen) atoms. The van der Waals surface area contributed by atoms with E-state index in [2.05, 4.69) is 20.9 Å². The lowest BCUT2D eigenvalue weighted by Gasteiger charge is -2.23. The fraction of sp³-hybridized carbons (Fsp3) is 0.333. The Morgan fingerprint density at radius 1 is 1.30 bits per heavy atom. The first-order valence-corrected chi connectivity index (χ1v) is 13.0. The number of sulfonamides is 1. The van der Waals surface area contributed by atoms with E-state index >= 15 is 0 Å². The Hall–Kier alpha value is -1.85. The third-order valence-electron chi connectivity index (χ3n) is 5.50. The highest BCUT2D eigenvalue weighted by atomic mass is 79.9. The molecule has 3 heterocycles. The van der Waals surface area contributed by atoms with Crippen LogP contribution in [0.2, 0.25) is 10.0 Å². The van der Waals surface area contributed by atoms with E-state index in [-0.39, 0.29) is 28.1 Å². The minimum absolute atomic E-state index is 0.0503. The van der Waals surface area contributed by atoms with Gasteiger partial charge in [0.1, 0.15) is 22.1 Å². The van der Waals surface area contributed by atoms with Crippen LogP contribution in [-0.4, -0.2) is 47.8 Å². The first-order chi connectivity index (χ1) is 15.7. The number of hydrogen-bond acceptors (Lipinski definition) is 6. The van der Waals surface area contributed by atoms with Gasteiger partial charge in [0.2, 0.25) is 10.0 Å². The Morgan fingerprint density at radius 2 is 2.06 bits per heavy atom. The van der Waals surface area contributed by atoms with Gasteiger partial charge in [0.25, 0.3) is 0 Å². The summed E-state index contributed by atoms with van der Waals surface area (Å²) in [5.41, 5.74) is 1.70. The second-order valence-electron chi connectivity index (χ2n) is 7.48. The molecule has 0 aliphatic carbocycles. The second-order valence-corrected chi connectivity index (χ2v) is 10.9. The largest absolute Gasteiger partial charge is 0.485 e. The van der Waals surface area contributed by atoms with E-state index in [1.165, 1.54) is 19.2 Å². The Labute approximate surface area is 209 Å². The summed E-state index contributed by atoms with van der Waals surface area (Å²) in [5.74, 6) is -0.115. The fourth-order valence-electron chi connectivity index (χ4n) is 3.82. The van der Waals surface area contributed by atoms with Crippen molar-refractivity contribution in [3.05, 3.63) is 56.4 Å². The summed E-state index contributed by atoms with van der Waals surface area (Å²) in [4.78, 5) is 16.4. The SMILES string of the molecule is COC(=O)[C@@H]1CCCN1S(=O)(=O)c1ccc(Cl)c(COc2cccn3c(Br)c(C)nc23)c1Cl. The molecule has 0 amide bonds. The Kier molecular flexibility index (Phi) is 6.93. The molecule has 0 N–H and O–H groups in total. The molecule has 1 aliphatic rings. The maximum absolute atomic E-state index is 13.4. The van der Waals surface area contributed by atoms with Crippen molar-refractivity contribution in [3.8, 4) is 5.75 Å². The van der Waals surface area contributed by atoms with Crippen LogP contribution in [0.5, 0.6) is 5.75 Å². The van der Waals surface area contributed by atoms with Crippen LogP contribution in [0, 0.1) is 6.92 Å². The lowest BCUT2D eigenvalue weighted by Crippen LogP contribution is -2.41. The van der Waals surface area contributed by atoms with E-state index in [1.807, 2.05) is 17.5 Å². The number of carbonyl (C=O) groups excluding carboxylic acids is 1. The highest BCUT2D eigenvalue weighted by Crippen LogP contribution is 2.36. The van der Waals surface area contributed by atoms with Gasteiger partial charge in [-0.15, -0.1) is 0 Å². The van der Waals surface area contributed by atoms with E-state index in [9.17, 15) is 13.2 Å². The average Bonchev–Trinajstić information content (AvgIpc) is 3.39. The molecule has 12 heteroatoms. The normalized spacial score (nSPS) is 16.9. The number of pyridine rings is 1. The van der Waals surface area contributed by atoms with Gasteiger partial charge in [-0.25, -0.2) is 13.4 Å². The minimum Gasteiger partial charge on any atom is -0.485 e. The van der Waals surface area contributed by atoms with Crippen molar-refractivity contribution in [2.75, 3.05) is 13.7 Å². The van der Waals surface area contributed by atoms with Gasteiger partial charge in [-0.05, 0) is 60.0 Å². The number of halogens is 3. The van der Waals surface area contributed by atoms with Gasteiger partial charge in [-0.3, -0.25) is 9.20 Å². The molecule has 0 saturated carbocycles. The molecule has 0 unspecified atom stereocenters. The number of imidazole rings is 1. The van der Waals surface area contributed by atoms with Gasteiger partial charge < -0.3 is 9.47 Å². The molecule has 4 rings (SSSR count). The molecule has 8 nitrogen and oxygen atoms in total. The topological polar surface area (TPSA) is 90.2 Å². The Balaban J connectivity index is 1.67. The molecule has 1 fully saturated rings. The van der Waals surface area contributed by atoms with Crippen LogP contribution in [0.25, 0.3) is 5.65 Å². The lowest BCUT2D eigenvalue weighted by molar-refractivity contribution is -0.144. The molecule has 176 valence electrons. The third kappa shape index (κ3) is 4.35. The molecular formula is C21H20BrCl2N3O5S. The third-order valence-corrected chi connectivity index (χ3v) is 9.31. The van der Waals surface area contributed by atoms with Crippen molar-refractivity contribution in [1.82, 2.24) is 13.7 Å². The number of carbonyl (C=O) groups is 1. The average molecular weight is 577 g/mol.